The minimum atomic E-state index is 0.185. The van der Waals surface area contributed by atoms with E-state index in [4.69, 9.17) is 0 Å². The summed E-state index contributed by atoms with van der Waals surface area (Å²) in [5, 5.41) is 3.07. The third kappa shape index (κ3) is 2.23. The fourth-order valence-electron chi connectivity index (χ4n) is 3.37. The highest BCUT2D eigenvalue weighted by Gasteiger charge is 2.56. The predicted octanol–water partition coefficient (Wildman–Crippen LogP) is 3.65. The number of carbonyl (C=O) groups excluding carboxylic acids is 1. The molecule has 1 aromatic carbocycles. The first-order valence-electron chi connectivity index (χ1n) is 7.55. The fourth-order valence-corrected chi connectivity index (χ4v) is 3.37. The Hall–Kier alpha value is -2.16. The van der Waals surface area contributed by atoms with Crippen molar-refractivity contribution in [3.05, 3.63) is 48.2 Å². The molecule has 1 heterocycles. The maximum Gasteiger partial charge on any atom is 0.227 e. The van der Waals surface area contributed by atoms with Gasteiger partial charge in [0.15, 0.2) is 0 Å². The molecule has 1 amide bonds. The molecule has 4 rings (SSSR count). The molecule has 0 radical (unpaired) electrons. The highest BCUT2D eigenvalue weighted by atomic mass is 16.2. The lowest BCUT2D eigenvalue weighted by atomic mass is 9.84. The van der Waals surface area contributed by atoms with Gasteiger partial charge in [-0.1, -0.05) is 12.1 Å². The lowest BCUT2D eigenvalue weighted by molar-refractivity contribution is -0.122. The number of rotatable bonds is 3. The van der Waals surface area contributed by atoms with E-state index in [1.54, 1.807) is 6.20 Å². The third-order valence-corrected chi connectivity index (χ3v) is 4.83. The van der Waals surface area contributed by atoms with Crippen LogP contribution in [0.25, 0.3) is 11.3 Å². The number of nitrogens with one attached hydrogen (secondary N) is 1. The van der Waals surface area contributed by atoms with E-state index in [-0.39, 0.29) is 11.8 Å². The molecule has 0 aliphatic heterocycles. The maximum absolute atomic E-state index is 12.2. The van der Waals surface area contributed by atoms with Crippen molar-refractivity contribution in [2.45, 2.75) is 19.8 Å². The van der Waals surface area contributed by atoms with E-state index >= 15 is 0 Å². The number of fused-ring (bicyclic) bond motifs is 1. The highest BCUT2D eigenvalue weighted by Crippen LogP contribution is 2.59. The van der Waals surface area contributed by atoms with Gasteiger partial charge in [0, 0.05) is 23.4 Å². The Bertz CT molecular complexity index is 696. The molecule has 3 heteroatoms. The summed E-state index contributed by atoms with van der Waals surface area (Å²) in [4.78, 5) is 16.6. The van der Waals surface area contributed by atoms with Gasteiger partial charge in [-0.05, 0) is 61.4 Å². The van der Waals surface area contributed by atoms with Crippen LogP contribution in [0.2, 0.25) is 0 Å². The summed E-state index contributed by atoms with van der Waals surface area (Å²) in [7, 11) is 0. The third-order valence-electron chi connectivity index (χ3n) is 4.83. The smallest absolute Gasteiger partial charge is 0.227 e. The molecule has 1 unspecified atom stereocenters. The van der Waals surface area contributed by atoms with Crippen LogP contribution < -0.4 is 5.32 Å². The molecule has 21 heavy (non-hydrogen) atoms. The van der Waals surface area contributed by atoms with Crippen LogP contribution in [0.5, 0.6) is 0 Å². The van der Waals surface area contributed by atoms with Crippen molar-refractivity contribution in [1.82, 2.24) is 4.98 Å². The maximum atomic E-state index is 12.2. The summed E-state index contributed by atoms with van der Waals surface area (Å²) < 4.78 is 0. The van der Waals surface area contributed by atoms with E-state index in [1.165, 1.54) is 6.42 Å². The molecule has 2 aliphatic carbocycles. The number of aromatic nitrogens is 1. The van der Waals surface area contributed by atoms with Gasteiger partial charge < -0.3 is 5.32 Å². The van der Waals surface area contributed by atoms with Crippen molar-refractivity contribution in [1.29, 1.82) is 0 Å². The van der Waals surface area contributed by atoms with Crippen LogP contribution in [0.15, 0.2) is 42.6 Å². The standard InChI is InChI=1S/C18H18N2O/c1-11-5-6-13(10-14(11)17-4-2-3-7-19-17)20-18(21)16-9-12-8-15(12)16/h2-7,10,12,15-16H,8-9H2,1H3,(H,20,21)/t12-,15-,16?/m1/s1. The van der Waals surface area contributed by atoms with Gasteiger partial charge in [0.1, 0.15) is 0 Å². The average molecular weight is 278 g/mol. The van der Waals surface area contributed by atoms with Crippen molar-refractivity contribution in [2.24, 2.45) is 17.8 Å². The summed E-state index contributed by atoms with van der Waals surface area (Å²) in [6, 6.07) is 11.9. The Morgan fingerprint density at radius 1 is 1.24 bits per heavy atom. The van der Waals surface area contributed by atoms with Crippen LogP contribution in [0.4, 0.5) is 5.69 Å². The highest BCUT2D eigenvalue weighted by molar-refractivity contribution is 5.94. The summed E-state index contributed by atoms with van der Waals surface area (Å²) in [5.41, 5.74) is 4.05. The summed E-state index contributed by atoms with van der Waals surface area (Å²) >= 11 is 0. The van der Waals surface area contributed by atoms with E-state index in [0.29, 0.717) is 5.92 Å². The second-order valence-corrected chi connectivity index (χ2v) is 6.24. The Balaban J connectivity index is 1.57. The Morgan fingerprint density at radius 2 is 2.14 bits per heavy atom. The van der Waals surface area contributed by atoms with Gasteiger partial charge >= 0.3 is 0 Å². The van der Waals surface area contributed by atoms with Gasteiger partial charge in [0.05, 0.1) is 5.69 Å². The predicted molar refractivity (Wildman–Crippen MR) is 82.7 cm³/mol. The molecule has 3 atom stereocenters. The largest absolute Gasteiger partial charge is 0.326 e. The number of anilines is 1. The van der Waals surface area contributed by atoms with Gasteiger partial charge in [-0.15, -0.1) is 0 Å². The quantitative estimate of drug-likeness (QED) is 0.931. The summed E-state index contributed by atoms with van der Waals surface area (Å²) in [6.07, 6.45) is 4.13. The van der Waals surface area contributed by atoms with Crippen LogP contribution >= 0.6 is 0 Å². The molecular weight excluding hydrogens is 260 g/mol. The number of amides is 1. The minimum absolute atomic E-state index is 0.185. The molecular formula is C18H18N2O. The number of benzene rings is 1. The van der Waals surface area contributed by atoms with E-state index in [2.05, 4.69) is 17.2 Å². The van der Waals surface area contributed by atoms with Crippen molar-refractivity contribution >= 4 is 11.6 Å². The van der Waals surface area contributed by atoms with Crippen molar-refractivity contribution in [3.63, 3.8) is 0 Å². The molecule has 0 spiro atoms. The zero-order valence-corrected chi connectivity index (χ0v) is 12.0. The minimum Gasteiger partial charge on any atom is -0.326 e. The zero-order chi connectivity index (χ0) is 14.4. The number of aryl methyl sites for hydroxylation is 1. The van der Waals surface area contributed by atoms with Gasteiger partial charge in [0.2, 0.25) is 5.91 Å². The summed E-state index contributed by atoms with van der Waals surface area (Å²) in [5.74, 6) is 1.95. The van der Waals surface area contributed by atoms with Crippen molar-refractivity contribution in [2.75, 3.05) is 5.32 Å². The molecule has 2 aliphatic rings. The lowest BCUT2D eigenvalue weighted by Gasteiger charge is -2.23. The average Bonchev–Trinajstić information content (AvgIpc) is 3.11. The first-order chi connectivity index (χ1) is 10.2. The molecule has 3 nitrogen and oxygen atoms in total. The van der Waals surface area contributed by atoms with Crippen LogP contribution in [-0.2, 0) is 4.79 Å². The molecule has 2 fully saturated rings. The van der Waals surface area contributed by atoms with E-state index in [1.807, 2.05) is 36.4 Å². The molecule has 106 valence electrons. The van der Waals surface area contributed by atoms with Crippen LogP contribution in [-0.4, -0.2) is 10.9 Å². The number of carbonyl (C=O) groups is 1. The van der Waals surface area contributed by atoms with Gasteiger partial charge in [0.25, 0.3) is 0 Å². The Labute approximate surface area is 124 Å². The normalized spacial score (nSPS) is 25.7. The summed E-state index contributed by atoms with van der Waals surface area (Å²) in [6.45, 7) is 2.07. The number of hydrogen-bond acceptors (Lipinski definition) is 2. The number of hydrogen-bond donors (Lipinski definition) is 1. The molecule has 0 bridgehead atoms. The first kappa shape index (κ1) is 12.6. The molecule has 1 N–H and O–H groups in total. The zero-order valence-electron chi connectivity index (χ0n) is 12.0. The molecule has 0 saturated heterocycles. The molecule has 2 aromatic rings. The monoisotopic (exact) mass is 278 g/mol. The first-order valence-corrected chi connectivity index (χ1v) is 7.55. The Morgan fingerprint density at radius 3 is 2.81 bits per heavy atom. The molecule has 2 saturated carbocycles. The van der Waals surface area contributed by atoms with Crippen LogP contribution in [0.1, 0.15) is 18.4 Å². The van der Waals surface area contributed by atoms with Crippen LogP contribution in [0, 0.1) is 24.7 Å². The lowest BCUT2D eigenvalue weighted by Crippen LogP contribution is -2.30. The van der Waals surface area contributed by atoms with Gasteiger partial charge in [-0.25, -0.2) is 0 Å². The number of pyridine rings is 1. The van der Waals surface area contributed by atoms with E-state index < -0.39 is 0 Å². The fraction of sp³-hybridized carbons (Fsp3) is 0.333. The van der Waals surface area contributed by atoms with E-state index in [9.17, 15) is 4.79 Å². The second kappa shape index (κ2) is 4.69. The van der Waals surface area contributed by atoms with Crippen molar-refractivity contribution < 1.29 is 4.79 Å². The van der Waals surface area contributed by atoms with Gasteiger partial charge in [-0.3, -0.25) is 9.78 Å². The van der Waals surface area contributed by atoms with Crippen LogP contribution in [0.3, 0.4) is 0 Å². The molecule has 1 aromatic heterocycles. The number of nitrogens with zero attached hydrogens (tertiary/aromatic N) is 1. The van der Waals surface area contributed by atoms with Gasteiger partial charge in [-0.2, -0.15) is 0 Å². The topological polar surface area (TPSA) is 42.0 Å². The van der Waals surface area contributed by atoms with Crippen molar-refractivity contribution in [3.8, 4) is 11.3 Å². The Kier molecular flexibility index (Phi) is 2.81. The SMILES string of the molecule is Cc1ccc(NC(=O)C2C[C@H]3C[C@@H]23)cc1-c1ccccn1. The van der Waals surface area contributed by atoms with E-state index in [0.717, 1.165) is 34.8 Å². The second-order valence-electron chi connectivity index (χ2n) is 6.24.